The van der Waals surface area contributed by atoms with Gasteiger partial charge in [-0.2, -0.15) is 0 Å². The number of benzene rings is 1. The van der Waals surface area contributed by atoms with E-state index in [1.165, 1.54) is 12.8 Å². The van der Waals surface area contributed by atoms with E-state index >= 15 is 0 Å². The van der Waals surface area contributed by atoms with Crippen LogP contribution >= 0.6 is 0 Å². The third kappa shape index (κ3) is 2.34. The van der Waals surface area contributed by atoms with E-state index in [2.05, 4.69) is 9.88 Å². The number of nitro groups is 1. The maximum atomic E-state index is 11.2. The number of nitrogens with two attached hydrogens (primary N) is 1. The Morgan fingerprint density at radius 2 is 2.09 bits per heavy atom. The Labute approximate surface area is 134 Å². The lowest BCUT2D eigenvalue weighted by Crippen LogP contribution is -2.38. The van der Waals surface area contributed by atoms with Crippen molar-refractivity contribution < 1.29 is 4.92 Å². The van der Waals surface area contributed by atoms with Gasteiger partial charge in [-0.1, -0.05) is 6.42 Å². The van der Waals surface area contributed by atoms with Crippen molar-refractivity contribution in [3.05, 3.63) is 40.7 Å². The fourth-order valence-electron chi connectivity index (χ4n) is 4.31. The molecule has 1 saturated heterocycles. The molecule has 2 N–H and O–H groups in total. The first-order chi connectivity index (χ1) is 11.1. The summed E-state index contributed by atoms with van der Waals surface area (Å²) in [5.74, 6) is 1.18. The number of hydrogen-bond donors (Lipinski definition) is 1. The van der Waals surface area contributed by atoms with E-state index < -0.39 is 0 Å². The average Bonchev–Trinajstić information content (AvgIpc) is 2.99. The van der Waals surface area contributed by atoms with Crippen LogP contribution in [0.15, 0.2) is 30.6 Å². The molecule has 2 fully saturated rings. The molecule has 0 radical (unpaired) electrons. The summed E-state index contributed by atoms with van der Waals surface area (Å²) in [7, 11) is 0. The normalized spacial score (nSPS) is 27.2. The van der Waals surface area contributed by atoms with E-state index in [1.54, 1.807) is 18.5 Å². The number of pyridine rings is 1. The predicted octanol–water partition coefficient (Wildman–Crippen LogP) is 2.71. The fourth-order valence-corrected chi connectivity index (χ4v) is 4.31. The Morgan fingerprint density at radius 3 is 2.87 bits per heavy atom. The van der Waals surface area contributed by atoms with E-state index in [0.717, 1.165) is 30.6 Å². The molecular formula is C17H20N4O2. The van der Waals surface area contributed by atoms with Gasteiger partial charge in [0, 0.05) is 48.7 Å². The molecule has 2 aromatic rings. The summed E-state index contributed by atoms with van der Waals surface area (Å²) < 4.78 is 0. The molecule has 6 heteroatoms. The number of rotatable bonds is 2. The predicted molar refractivity (Wildman–Crippen MR) is 89.4 cm³/mol. The van der Waals surface area contributed by atoms with E-state index in [9.17, 15) is 10.1 Å². The Morgan fingerprint density at radius 1 is 1.22 bits per heavy atom. The summed E-state index contributed by atoms with van der Waals surface area (Å²) in [4.78, 5) is 17.3. The summed E-state index contributed by atoms with van der Waals surface area (Å²) >= 11 is 0. The number of hydrogen-bond acceptors (Lipinski definition) is 5. The molecule has 0 bridgehead atoms. The van der Waals surface area contributed by atoms with E-state index in [0.29, 0.717) is 17.2 Å². The molecule has 1 aliphatic heterocycles. The van der Waals surface area contributed by atoms with Crippen molar-refractivity contribution in [2.45, 2.75) is 25.3 Å². The Hall–Kier alpha value is -2.21. The first-order valence-corrected chi connectivity index (χ1v) is 8.17. The Balaban J connectivity index is 1.75. The fraction of sp³-hybridized carbons (Fsp3) is 0.471. The summed E-state index contributed by atoms with van der Waals surface area (Å²) in [6.45, 7) is 1.94. The zero-order valence-corrected chi connectivity index (χ0v) is 12.9. The monoisotopic (exact) mass is 312 g/mol. The first kappa shape index (κ1) is 14.4. The number of nitro benzene ring substituents is 1. The minimum absolute atomic E-state index is 0.116. The van der Waals surface area contributed by atoms with Gasteiger partial charge in [0.15, 0.2) is 0 Å². The first-order valence-electron chi connectivity index (χ1n) is 8.17. The van der Waals surface area contributed by atoms with Crippen molar-refractivity contribution in [2.75, 3.05) is 18.0 Å². The van der Waals surface area contributed by atoms with Crippen LogP contribution in [0.3, 0.4) is 0 Å². The smallest absolute Gasteiger partial charge is 0.278 e. The number of anilines is 1. The average molecular weight is 312 g/mol. The molecule has 6 nitrogen and oxygen atoms in total. The zero-order valence-electron chi connectivity index (χ0n) is 12.9. The van der Waals surface area contributed by atoms with Gasteiger partial charge in [-0.05, 0) is 36.8 Å². The van der Waals surface area contributed by atoms with Crippen LogP contribution in [0.25, 0.3) is 10.8 Å². The van der Waals surface area contributed by atoms with Gasteiger partial charge < -0.3 is 10.6 Å². The van der Waals surface area contributed by atoms with Crippen LogP contribution in [0.4, 0.5) is 11.4 Å². The molecule has 3 unspecified atom stereocenters. The summed E-state index contributed by atoms with van der Waals surface area (Å²) in [6, 6.07) is 5.63. The second-order valence-electron chi connectivity index (χ2n) is 6.71. The lowest BCUT2D eigenvalue weighted by Gasteiger charge is -2.29. The van der Waals surface area contributed by atoms with Gasteiger partial charge in [0.25, 0.3) is 5.69 Å². The summed E-state index contributed by atoms with van der Waals surface area (Å²) in [5, 5.41) is 12.8. The highest BCUT2D eigenvalue weighted by molar-refractivity contribution is 5.99. The zero-order chi connectivity index (χ0) is 16.0. The highest BCUT2D eigenvalue weighted by atomic mass is 16.6. The van der Waals surface area contributed by atoms with E-state index in [1.807, 2.05) is 12.1 Å². The minimum Gasteiger partial charge on any atom is -0.370 e. The molecule has 4 rings (SSSR count). The maximum absolute atomic E-state index is 11.2. The quantitative estimate of drug-likeness (QED) is 0.680. The molecule has 120 valence electrons. The highest BCUT2D eigenvalue weighted by Gasteiger charge is 2.39. The van der Waals surface area contributed by atoms with Gasteiger partial charge in [-0.3, -0.25) is 15.1 Å². The van der Waals surface area contributed by atoms with Crippen molar-refractivity contribution in [3.8, 4) is 0 Å². The van der Waals surface area contributed by atoms with Gasteiger partial charge in [0.05, 0.1) is 10.3 Å². The number of fused-ring (bicyclic) bond motifs is 2. The number of nitrogens with zero attached hydrogens (tertiary/aromatic N) is 3. The van der Waals surface area contributed by atoms with Gasteiger partial charge in [-0.25, -0.2) is 0 Å². The van der Waals surface area contributed by atoms with Crippen molar-refractivity contribution in [2.24, 2.45) is 17.6 Å². The molecule has 3 atom stereocenters. The van der Waals surface area contributed by atoms with Crippen molar-refractivity contribution in [1.29, 1.82) is 0 Å². The molecule has 0 amide bonds. The molecule has 1 saturated carbocycles. The Bertz CT molecular complexity index is 763. The standard InChI is InChI=1S/C17H20N4O2/c18-15-3-1-2-11-9-20(10-14(11)15)16-4-5-17(21(22)23)13-8-19-7-6-12(13)16/h4-8,11,14-15H,1-3,9-10,18H2. The van der Waals surface area contributed by atoms with Crippen LogP contribution in [-0.2, 0) is 0 Å². The number of non-ortho nitro benzene ring substituents is 1. The topological polar surface area (TPSA) is 85.3 Å². The molecular weight excluding hydrogens is 292 g/mol. The van der Waals surface area contributed by atoms with Crippen LogP contribution in [0, 0.1) is 22.0 Å². The summed E-state index contributed by atoms with van der Waals surface area (Å²) in [6.07, 6.45) is 6.85. The van der Waals surface area contributed by atoms with Crippen LogP contribution in [-0.4, -0.2) is 29.0 Å². The number of aromatic nitrogens is 1. The van der Waals surface area contributed by atoms with Crippen molar-refractivity contribution in [3.63, 3.8) is 0 Å². The molecule has 2 heterocycles. The van der Waals surface area contributed by atoms with Crippen LogP contribution in [0.5, 0.6) is 0 Å². The lowest BCUT2D eigenvalue weighted by molar-refractivity contribution is -0.383. The second kappa shape index (κ2) is 5.45. The lowest BCUT2D eigenvalue weighted by atomic mass is 9.78. The molecule has 0 spiro atoms. The summed E-state index contributed by atoms with van der Waals surface area (Å²) in [5.41, 5.74) is 7.49. The van der Waals surface area contributed by atoms with Crippen LogP contribution < -0.4 is 10.6 Å². The molecule has 1 aliphatic carbocycles. The third-order valence-electron chi connectivity index (χ3n) is 5.46. The Kier molecular flexibility index (Phi) is 3.41. The van der Waals surface area contributed by atoms with Crippen molar-refractivity contribution >= 4 is 22.1 Å². The highest BCUT2D eigenvalue weighted by Crippen LogP contribution is 2.40. The van der Waals surface area contributed by atoms with Crippen molar-refractivity contribution in [1.82, 2.24) is 4.98 Å². The molecule has 1 aromatic heterocycles. The van der Waals surface area contributed by atoms with Crippen LogP contribution in [0.2, 0.25) is 0 Å². The van der Waals surface area contributed by atoms with E-state index in [4.69, 9.17) is 5.73 Å². The minimum atomic E-state index is -0.340. The third-order valence-corrected chi connectivity index (χ3v) is 5.46. The second-order valence-corrected chi connectivity index (χ2v) is 6.71. The van der Waals surface area contributed by atoms with Gasteiger partial charge in [0.1, 0.15) is 0 Å². The van der Waals surface area contributed by atoms with Gasteiger partial charge >= 0.3 is 0 Å². The largest absolute Gasteiger partial charge is 0.370 e. The molecule has 2 aliphatic rings. The SMILES string of the molecule is NC1CCCC2CN(c3ccc([N+](=O)[O-])c4cnccc34)CC12. The molecule has 23 heavy (non-hydrogen) atoms. The van der Waals surface area contributed by atoms with E-state index in [-0.39, 0.29) is 16.7 Å². The maximum Gasteiger partial charge on any atom is 0.278 e. The van der Waals surface area contributed by atoms with Crippen LogP contribution in [0.1, 0.15) is 19.3 Å². The van der Waals surface area contributed by atoms with Gasteiger partial charge in [-0.15, -0.1) is 0 Å². The molecule has 1 aromatic carbocycles. The van der Waals surface area contributed by atoms with Gasteiger partial charge in [0.2, 0.25) is 0 Å².